The zero-order valence-electron chi connectivity index (χ0n) is 8.90. The Labute approximate surface area is 94.0 Å². The number of nitrogen functional groups attached to an aromatic ring is 1. The number of nitrogens with one attached hydrogen (secondary N) is 2. The zero-order valence-corrected chi connectivity index (χ0v) is 8.90. The van der Waals surface area contributed by atoms with E-state index in [1.807, 2.05) is 0 Å². The monoisotopic (exact) mass is 221 g/mol. The quantitative estimate of drug-likeness (QED) is 0.643. The van der Waals surface area contributed by atoms with E-state index in [1.165, 1.54) is 0 Å². The first-order valence-electron chi connectivity index (χ1n) is 5.28. The van der Waals surface area contributed by atoms with Crippen molar-refractivity contribution in [2.24, 2.45) is 0 Å². The number of hydrogen-bond acceptors (Lipinski definition) is 4. The number of carbonyl (C=O) groups excluding carboxylic acids is 1. The van der Waals surface area contributed by atoms with Crippen LogP contribution in [0.5, 0.6) is 5.75 Å². The number of hydrogen-bond donors (Lipinski definition) is 3. The SMILES string of the molecule is Nc1ccc(OC(=O)NC2CCNC2)cc1. The molecular weight excluding hydrogens is 206 g/mol. The van der Waals surface area contributed by atoms with Gasteiger partial charge in [0.25, 0.3) is 0 Å². The molecule has 1 heterocycles. The molecule has 0 radical (unpaired) electrons. The van der Waals surface area contributed by atoms with Gasteiger partial charge in [-0.05, 0) is 37.2 Å². The van der Waals surface area contributed by atoms with E-state index < -0.39 is 6.09 Å². The molecular formula is C11H15N3O2. The minimum atomic E-state index is -0.418. The molecule has 0 spiro atoms. The summed E-state index contributed by atoms with van der Waals surface area (Å²) in [5.74, 6) is 0.498. The van der Waals surface area contributed by atoms with Gasteiger partial charge in [0.05, 0.1) is 0 Å². The molecule has 1 atom stereocenters. The molecule has 1 aromatic rings. The molecule has 5 nitrogen and oxygen atoms in total. The van der Waals surface area contributed by atoms with Gasteiger partial charge in [-0.25, -0.2) is 4.79 Å². The third kappa shape index (κ3) is 2.87. The minimum absolute atomic E-state index is 0.168. The van der Waals surface area contributed by atoms with Crippen molar-refractivity contribution in [2.75, 3.05) is 18.8 Å². The lowest BCUT2D eigenvalue weighted by Crippen LogP contribution is -2.38. The molecule has 1 aliphatic heterocycles. The van der Waals surface area contributed by atoms with Crippen LogP contribution < -0.4 is 21.1 Å². The Balaban J connectivity index is 1.84. The number of carbonyl (C=O) groups is 1. The third-order valence-corrected chi connectivity index (χ3v) is 2.47. The number of anilines is 1. The molecule has 86 valence electrons. The normalized spacial score (nSPS) is 19.4. The highest BCUT2D eigenvalue weighted by Crippen LogP contribution is 2.13. The van der Waals surface area contributed by atoms with Gasteiger partial charge in [-0.15, -0.1) is 0 Å². The van der Waals surface area contributed by atoms with Crippen molar-refractivity contribution < 1.29 is 9.53 Å². The van der Waals surface area contributed by atoms with E-state index in [0.29, 0.717) is 11.4 Å². The van der Waals surface area contributed by atoms with Crippen LogP contribution in [-0.4, -0.2) is 25.2 Å². The Kier molecular flexibility index (Phi) is 3.26. The second kappa shape index (κ2) is 4.85. The van der Waals surface area contributed by atoms with Gasteiger partial charge in [0.15, 0.2) is 0 Å². The summed E-state index contributed by atoms with van der Waals surface area (Å²) in [5, 5.41) is 5.95. The number of benzene rings is 1. The summed E-state index contributed by atoms with van der Waals surface area (Å²) in [6.45, 7) is 1.74. The topological polar surface area (TPSA) is 76.4 Å². The average molecular weight is 221 g/mol. The smallest absolute Gasteiger partial charge is 0.410 e. The van der Waals surface area contributed by atoms with Gasteiger partial charge in [-0.1, -0.05) is 0 Å². The number of ether oxygens (including phenoxy) is 1. The predicted molar refractivity (Wildman–Crippen MR) is 61.3 cm³/mol. The van der Waals surface area contributed by atoms with Crippen molar-refractivity contribution >= 4 is 11.8 Å². The first-order valence-corrected chi connectivity index (χ1v) is 5.28. The Hall–Kier alpha value is -1.75. The molecule has 2 rings (SSSR count). The fraction of sp³-hybridized carbons (Fsp3) is 0.364. The maximum absolute atomic E-state index is 11.5. The first kappa shape index (κ1) is 10.8. The van der Waals surface area contributed by atoms with Gasteiger partial charge < -0.3 is 21.1 Å². The lowest BCUT2D eigenvalue weighted by molar-refractivity contribution is 0.197. The van der Waals surface area contributed by atoms with E-state index in [9.17, 15) is 4.79 Å². The van der Waals surface area contributed by atoms with Crippen LogP contribution in [0.15, 0.2) is 24.3 Å². The van der Waals surface area contributed by atoms with Crippen molar-refractivity contribution in [2.45, 2.75) is 12.5 Å². The molecule has 1 aliphatic rings. The summed E-state index contributed by atoms with van der Waals surface area (Å²) in [7, 11) is 0. The Morgan fingerprint density at radius 1 is 1.44 bits per heavy atom. The maximum atomic E-state index is 11.5. The van der Waals surface area contributed by atoms with E-state index in [0.717, 1.165) is 19.5 Å². The van der Waals surface area contributed by atoms with Gasteiger partial charge in [-0.3, -0.25) is 0 Å². The molecule has 1 fully saturated rings. The molecule has 0 aromatic heterocycles. The second-order valence-corrected chi connectivity index (χ2v) is 3.79. The molecule has 1 amide bonds. The molecule has 5 heteroatoms. The molecule has 1 aromatic carbocycles. The summed E-state index contributed by atoms with van der Waals surface area (Å²) >= 11 is 0. The molecule has 1 unspecified atom stereocenters. The van der Waals surface area contributed by atoms with Crippen LogP contribution >= 0.6 is 0 Å². The average Bonchev–Trinajstić information content (AvgIpc) is 2.74. The van der Waals surface area contributed by atoms with Gasteiger partial charge >= 0.3 is 6.09 Å². The lowest BCUT2D eigenvalue weighted by atomic mass is 10.3. The summed E-state index contributed by atoms with van der Waals surface area (Å²) in [6, 6.07) is 6.89. The summed E-state index contributed by atoms with van der Waals surface area (Å²) in [6.07, 6.45) is 0.523. The second-order valence-electron chi connectivity index (χ2n) is 3.79. The highest BCUT2D eigenvalue weighted by atomic mass is 16.6. The van der Waals surface area contributed by atoms with Crippen molar-refractivity contribution in [1.29, 1.82) is 0 Å². The van der Waals surface area contributed by atoms with Gasteiger partial charge in [-0.2, -0.15) is 0 Å². The van der Waals surface area contributed by atoms with E-state index in [4.69, 9.17) is 10.5 Å². The van der Waals surface area contributed by atoms with Crippen LogP contribution in [0.4, 0.5) is 10.5 Å². The minimum Gasteiger partial charge on any atom is -0.410 e. The standard InChI is InChI=1S/C11H15N3O2/c12-8-1-3-10(4-2-8)16-11(15)14-9-5-6-13-7-9/h1-4,9,13H,5-7,12H2,(H,14,15). The van der Waals surface area contributed by atoms with E-state index >= 15 is 0 Å². The van der Waals surface area contributed by atoms with Crippen molar-refractivity contribution in [3.05, 3.63) is 24.3 Å². The largest absolute Gasteiger partial charge is 0.412 e. The third-order valence-electron chi connectivity index (χ3n) is 2.47. The van der Waals surface area contributed by atoms with Crippen LogP contribution in [0.2, 0.25) is 0 Å². The molecule has 0 aliphatic carbocycles. The fourth-order valence-electron chi connectivity index (χ4n) is 1.62. The van der Waals surface area contributed by atoms with Crippen molar-refractivity contribution in [3.8, 4) is 5.75 Å². The number of amides is 1. The Morgan fingerprint density at radius 3 is 2.81 bits per heavy atom. The first-order chi connectivity index (χ1) is 7.74. The van der Waals surface area contributed by atoms with Gasteiger partial charge in [0, 0.05) is 18.3 Å². The fourth-order valence-corrected chi connectivity index (χ4v) is 1.62. The number of nitrogens with two attached hydrogens (primary N) is 1. The Morgan fingerprint density at radius 2 is 2.19 bits per heavy atom. The highest BCUT2D eigenvalue weighted by molar-refractivity contribution is 5.70. The van der Waals surface area contributed by atoms with Gasteiger partial charge in [0.1, 0.15) is 5.75 Å². The summed E-state index contributed by atoms with van der Waals surface area (Å²) in [4.78, 5) is 11.5. The zero-order chi connectivity index (χ0) is 11.4. The van der Waals surface area contributed by atoms with Crippen LogP contribution in [0.1, 0.15) is 6.42 Å². The molecule has 16 heavy (non-hydrogen) atoms. The van der Waals surface area contributed by atoms with Crippen LogP contribution in [-0.2, 0) is 0 Å². The highest BCUT2D eigenvalue weighted by Gasteiger charge is 2.17. The summed E-state index contributed by atoms with van der Waals surface area (Å²) < 4.78 is 5.10. The molecule has 0 bridgehead atoms. The van der Waals surface area contributed by atoms with E-state index in [2.05, 4.69) is 10.6 Å². The van der Waals surface area contributed by atoms with E-state index in [-0.39, 0.29) is 6.04 Å². The number of rotatable bonds is 2. The van der Waals surface area contributed by atoms with Gasteiger partial charge in [0.2, 0.25) is 0 Å². The van der Waals surface area contributed by atoms with Crippen LogP contribution in [0.25, 0.3) is 0 Å². The van der Waals surface area contributed by atoms with Crippen molar-refractivity contribution in [1.82, 2.24) is 10.6 Å². The van der Waals surface area contributed by atoms with Crippen LogP contribution in [0.3, 0.4) is 0 Å². The lowest BCUT2D eigenvalue weighted by Gasteiger charge is -2.11. The van der Waals surface area contributed by atoms with Crippen molar-refractivity contribution in [3.63, 3.8) is 0 Å². The van der Waals surface area contributed by atoms with Crippen LogP contribution in [0, 0.1) is 0 Å². The molecule has 4 N–H and O–H groups in total. The maximum Gasteiger partial charge on any atom is 0.412 e. The summed E-state index contributed by atoms with van der Waals surface area (Å²) in [5.41, 5.74) is 6.17. The predicted octanol–water partition coefficient (Wildman–Crippen LogP) is 0.719. The molecule has 0 saturated carbocycles. The molecule has 1 saturated heterocycles. The Bertz CT molecular complexity index is 358. The van der Waals surface area contributed by atoms with E-state index in [1.54, 1.807) is 24.3 Å².